The van der Waals surface area contributed by atoms with Gasteiger partial charge in [-0.25, -0.2) is 9.97 Å². The zero-order valence-corrected chi connectivity index (χ0v) is 17.7. The van der Waals surface area contributed by atoms with Crippen molar-refractivity contribution in [2.45, 2.75) is 13.8 Å². The Hall–Kier alpha value is -4.46. The van der Waals surface area contributed by atoms with Crippen molar-refractivity contribution in [3.8, 4) is 0 Å². The summed E-state index contributed by atoms with van der Waals surface area (Å²) >= 11 is 0. The van der Waals surface area contributed by atoms with Crippen molar-refractivity contribution in [1.82, 2.24) is 0 Å². The third-order valence-electron chi connectivity index (χ3n) is 4.30. The smallest absolute Gasteiger partial charge is 0.270 e. The fourth-order valence-corrected chi connectivity index (χ4v) is 2.53. The van der Waals surface area contributed by atoms with Gasteiger partial charge in [-0.05, 0) is 71.1 Å². The molecular weight excluding hydrogens is 408 g/mol. The minimum Gasteiger partial charge on any atom is -0.545 e. The largest absolute Gasteiger partial charge is 0.545 e. The van der Waals surface area contributed by atoms with Crippen molar-refractivity contribution in [2.75, 3.05) is 11.5 Å². The molecule has 4 rings (SSSR count). The number of nitrogens with one attached hydrogen (secondary N) is 2. The second kappa shape index (κ2) is 11.1. The number of carboxylic acid groups (broad SMARTS) is 2. The summed E-state index contributed by atoms with van der Waals surface area (Å²) in [5.41, 5.74) is 13.3. The Bertz CT molecular complexity index is 1070. The number of carbonyl (C=O) groups excluding carboxylic acids is 2. The van der Waals surface area contributed by atoms with Gasteiger partial charge in [0.25, 0.3) is 11.6 Å². The summed E-state index contributed by atoms with van der Waals surface area (Å²) < 4.78 is 0. The number of aromatic nitrogens is 2. The number of hydrogen-bond acceptors (Lipinski definition) is 6. The highest BCUT2D eigenvalue weighted by Gasteiger charge is 1.99. The number of benzene rings is 2. The summed E-state index contributed by atoms with van der Waals surface area (Å²) in [7, 11) is 0. The number of hydrogen-bond donors (Lipinski definition) is 2. The number of carboxylic acids is 2. The molecule has 0 fully saturated rings. The maximum atomic E-state index is 10.6. The molecule has 2 aromatic heterocycles. The van der Waals surface area contributed by atoms with E-state index in [1.54, 1.807) is 0 Å². The first kappa shape index (κ1) is 23.8. The molecule has 0 aliphatic heterocycles. The molecule has 0 atom stereocenters. The lowest BCUT2D eigenvalue weighted by molar-refractivity contribution is -0.361. The van der Waals surface area contributed by atoms with Crippen LogP contribution in [0.2, 0.25) is 0 Å². The molecule has 8 nitrogen and oxygen atoms in total. The topological polar surface area (TPSA) is 161 Å². The van der Waals surface area contributed by atoms with Gasteiger partial charge in [-0.2, -0.15) is 0 Å². The van der Waals surface area contributed by atoms with E-state index in [1.165, 1.54) is 47.5 Å². The van der Waals surface area contributed by atoms with Crippen LogP contribution in [0.5, 0.6) is 0 Å². The molecule has 0 radical (unpaired) electrons. The molecule has 6 N–H and O–H groups in total. The number of aromatic amines is 2. The maximum absolute atomic E-state index is 10.6. The molecule has 2 aromatic carbocycles. The fourth-order valence-electron chi connectivity index (χ4n) is 2.53. The van der Waals surface area contributed by atoms with E-state index in [0.717, 1.165) is 0 Å². The summed E-state index contributed by atoms with van der Waals surface area (Å²) in [4.78, 5) is 27.0. The lowest BCUT2D eigenvalue weighted by atomic mass is 10.0. The van der Waals surface area contributed by atoms with Gasteiger partial charge in [-0.3, -0.25) is 11.5 Å². The Morgan fingerprint density at radius 1 is 0.656 bits per heavy atom. The van der Waals surface area contributed by atoms with E-state index < -0.39 is 11.9 Å². The monoisotopic (exact) mass is 432 g/mol. The molecular formula is C24H24N4O4. The van der Waals surface area contributed by atoms with Crippen LogP contribution < -0.4 is 31.6 Å². The third-order valence-corrected chi connectivity index (χ3v) is 4.30. The number of pyridine rings is 2. The highest BCUT2D eigenvalue weighted by Crippen LogP contribution is 2.17. The molecule has 164 valence electrons. The SMILES string of the molecule is Cc1ccc(N)[nH+]c1.Cc1ccc(N)[nH+]c1.O=C([O-])c1ccc2cc(C(=O)[O-])ccc2c1. The van der Waals surface area contributed by atoms with E-state index in [9.17, 15) is 19.8 Å². The first-order valence-electron chi connectivity index (χ1n) is 9.60. The summed E-state index contributed by atoms with van der Waals surface area (Å²) in [6.45, 7) is 4.02. The number of anilines is 2. The highest BCUT2D eigenvalue weighted by molar-refractivity contribution is 5.97. The molecule has 0 spiro atoms. The number of nitrogens with two attached hydrogens (primary N) is 2. The third kappa shape index (κ3) is 7.42. The van der Waals surface area contributed by atoms with Crippen LogP contribution in [-0.2, 0) is 0 Å². The second-order valence-corrected chi connectivity index (χ2v) is 6.99. The molecule has 2 heterocycles. The highest BCUT2D eigenvalue weighted by atomic mass is 16.4. The molecule has 0 aliphatic carbocycles. The molecule has 0 aliphatic rings. The van der Waals surface area contributed by atoms with E-state index in [1.807, 2.05) is 50.5 Å². The average molecular weight is 432 g/mol. The number of H-pyrrole nitrogens is 2. The van der Waals surface area contributed by atoms with Crippen LogP contribution in [0.3, 0.4) is 0 Å². The van der Waals surface area contributed by atoms with Gasteiger partial charge in [0, 0.05) is 12.1 Å². The number of fused-ring (bicyclic) bond motifs is 1. The second-order valence-electron chi connectivity index (χ2n) is 6.99. The average Bonchev–Trinajstić information content (AvgIpc) is 2.78. The summed E-state index contributed by atoms with van der Waals surface area (Å²) in [6, 6.07) is 16.3. The van der Waals surface area contributed by atoms with Crippen LogP contribution in [0, 0.1) is 13.8 Å². The maximum Gasteiger partial charge on any atom is 0.270 e. The van der Waals surface area contributed by atoms with Gasteiger partial charge < -0.3 is 19.8 Å². The van der Waals surface area contributed by atoms with Crippen LogP contribution in [-0.4, -0.2) is 11.9 Å². The summed E-state index contributed by atoms with van der Waals surface area (Å²) in [5, 5.41) is 22.5. The fraction of sp³-hybridized carbons (Fsp3) is 0.0833. The predicted molar refractivity (Wildman–Crippen MR) is 117 cm³/mol. The van der Waals surface area contributed by atoms with Crippen molar-refractivity contribution < 1.29 is 29.8 Å². The van der Waals surface area contributed by atoms with Crippen molar-refractivity contribution in [1.29, 1.82) is 0 Å². The minimum absolute atomic E-state index is 0.0636. The zero-order valence-electron chi connectivity index (χ0n) is 17.7. The number of aryl methyl sites for hydroxylation is 2. The quantitative estimate of drug-likeness (QED) is 0.464. The van der Waals surface area contributed by atoms with Gasteiger partial charge in [0.05, 0.1) is 24.3 Å². The van der Waals surface area contributed by atoms with Crippen molar-refractivity contribution >= 4 is 34.3 Å². The Morgan fingerprint density at radius 2 is 1.03 bits per heavy atom. The molecule has 0 amide bonds. The molecule has 4 aromatic rings. The Balaban J connectivity index is 0.000000190. The zero-order chi connectivity index (χ0) is 23.7. The van der Waals surface area contributed by atoms with Gasteiger partial charge >= 0.3 is 0 Å². The van der Waals surface area contributed by atoms with Crippen molar-refractivity contribution in [2.24, 2.45) is 0 Å². The van der Waals surface area contributed by atoms with E-state index in [2.05, 4.69) is 9.97 Å². The van der Waals surface area contributed by atoms with E-state index in [4.69, 9.17) is 11.5 Å². The number of carbonyl (C=O) groups is 2. The van der Waals surface area contributed by atoms with Gasteiger partial charge in [0.2, 0.25) is 0 Å². The molecule has 0 saturated heterocycles. The number of rotatable bonds is 2. The van der Waals surface area contributed by atoms with Crippen molar-refractivity contribution in [3.05, 3.63) is 95.3 Å². The predicted octanol–water partition coefficient (Wildman–Crippen LogP) is 0.349. The Labute approximate surface area is 185 Å². The van der Waals surface area contributed by atoms with E-state index in [-0.39, 0.29) is 11.1 Å². The molecule has 8 heteroatoms. The summed E-state index contributed by atoms with van der Waals surface area (Å²) in [5.74, 6) is -1.11. The molecule has 0 unspecified atom stereocenters. The minimum atomic E-state index is -1.26. The van der Waals surface area contributed by atoms with Gasteiger partial charge in [-0.1, -0.05) is 24.3 Å². The van der Waals surface area contributed by atoms with Gasteiger partial charge in [-0.15, -0.1) is 0 Å². The van der Waals surface area contributed by atoms with Crippen LogP contribution in [0.4, 0.5) is 11.6 Å². The first-order chi connectivity index (χ1) is 15.2. The molecule has 0 saturated carbocycles. The number of nitrogen functional groups attached to an aromatic ring is 2. The first-order valence-corrected chi connectivity index (χ1v) is 9.60. The van der Waals surface area contributed by atoms with Gasteiger partial charge in [0.15, 0.2) is 0 Å². The lowest BCUT2D eigenvalue weighted by Crippen LogP contribution is -2.22. The molecule has 32 heavy (non-hydrogen) atoms. The number of aromatic carboxylic acids is 2. The Morgan fingerprint density at radius 3 is 1.28 bits per heavy atom. The van der Waals surface area contributed by atoms with Gasteiger partial charge in [0.1, 0.15) is 0 Å². The van der Waals surface area contributed by atoms with Crippen LogP contribution in [0.25, 0.3) is 10.8 Å². The van der Waals surface area contributed by atoms with Crippen LogP contribution in [0.15, 0.2) is 73.1 Å². The van der Waals surface area contributed by atoms with Crippen LogP contribution >= 0.6 is 0 Å². The summed E-state index contributed by atoms with van der Waals surface area (Å²) in [6.07, 6.45) is 3.74. The Kier molecular flexibility index (Phi) is 8.24. The standard InChI is InChI=1S/C12H8O4.2C6H8N2/c13-11(14)9-3-1-7-5-10(12(15)16)4-2-8(7)6-9;2*1-5-2-3-6(7)8-4-5/h1-6H,(H,13,14)(H,15,16);2*2-4H,1H3,(H2,7,8). The van der Waals surface area contributed by atoms with Crippen LogP contribution in [0.1, 0.15) is 31.8 Å². The van der Waals surface area contributed by atoms with Crippen molar-refractivity contribution in [3.63, 3.8) is 0 Å². The normalized spacial score (nSPS) is 9.69. The van der Waals surface area contributed by atoms with E-state index >= 15 is 0 Å². The lowest BCUT2D eigenvalue weighted by Gasteiger charge is -2.07. The molecule has 0 bridgehead atoms. The van der Waals surface area contributed by atoms with E-state index in [0.29, 0.717) is 22.4 Å².